The summed E-state index contributed by atoms with van der Waals surface area (Å²) in [4.78, 5) is 2.70. The Morgan fingerprint density at radius 2 is 1.44 bits per heavy atom. The van der Waals surface area contributed by atoms with Crippen LogP contribution in [0.1, 0.15) is 18.1 Å². The SMILES string of the molecule is CCc1ccccc1Sc1ccccc1CNC. The van der Waals surface area contributed by atoms with Crippen LogP contribution in [0.15, 0.2) is 58.3 Å². The number of hydrogen-bond donors (Lipinski definition) is 1. The molecule has 2 aromatic carbocycles. The molecule has 2 rings (SSSR count). The normalized spacial score (nSPS) is 10.6. The van der Waals surface area contributed by atoms with E-state index in [2.05, 4.69) is 60.8 Å². The van der Waals surface area contributed by atoms with Crippen molar-refractivity contribution in [2.45, 2.75) is 29.7 Å². The van der Waals surface area contributed by atoms with Crippen LogP contribution < -0.4 is 5.32 Å². The van der Waals surface area contributed by atoms with Crippen molar-refractivity contribution in [3.8, 4) is 0 Å². The summed E-state index contributed by atoms with van der Waals surface area (Å²) in [5.41, 5.74) is 2.78. The molecule has 0 aromatic heterocycles. The highest BCUT2D eigenvalue weighted by Gasteiger charge is 2.05. The van der Waals surface area contributed by atoms with Gasteiger partial charge < -0.3 is 5.32 Å². The van der Waals surface area contributed by atoms with Crippen LogP contribution in [-0.2, 0) is 13.0 Å². The molecule has 1 N–H and O–H groups in total. The van der Waals surface area contributed by atoms with Crippen LogP contribution in [-0.4, -0.2) is 7.05 Å². The third-order valence-electron chi connectivity index (χ3n) is 2.91. The van der Waals surface area contributed by atoms with Gasteiger partial charge in [0.05, 0.1) is 0 Å². The average molecular weight is 257 g/mol. The standard InChI is InChI=1S/C16H19NS/c1-3-13-8-4-6-10-15(13)18-16-11-7-5-9-14(16)12-17-2/h4-11,17H,3,12H2,1-2H3. The molecular formula is C16H19NS. The van der Waals surface area contributed by atoms with Crippen molar-refractivity contribution in [3.05, 3.63) is 59.7 Å². The van der Waals surface area contributed by atoms with E-state index < -0.39 is 0 Å². The minimum absolute atomic E-state index is 0.914. The summed E-state index contributed by atoms with van der Waals surface area (Å²) < 4.78 is 0. The second-order valence-corrected chi connectivity index (χ2v) is 5.29. The highest BCUT2D eigenvalue weighted by Crippen LogP contribution is 2.32. The van der Waals surface area contributed by atoms with E-state index >= 15 is 0 Å². The topological polar surface area (TPSA) is 12.0 Å². The Hall–Kier alpha value is -1.25. The Morgan fingerprint density at radius 1 is 0.889 bits per heavy atom. The van der Waals surface area contributed by atoms with Gasteiger partial charge in [-0.25, -0.2) is 0 Å². The van der Waals surface area contributed by atoms with Crippen LogP contribution in [0.4, 0.5) is 0 Å². The second kappa shape index (κ2) is 6.62. The van der Waals surface area contributed by atoms with Gasteiger partial charge in [-0.05, 0) is 36.7 Å². The summed E-state index contributed by atoms with van der Waals surface area (Å²) in [6.45, 7) is 3.12. The molecule has 0 aliphatic carbocycles. The van der Waals surface area contributed by atoms with Gasteiger partial charge in [-0.2, -0.15) is 0 Å². The monoisotopic (exact) mass is 257 g/mol. The van der Waals surface area contributed by atoms with E-state index in [9.17, 15) is 0 Å². The first-order valence-electron chi connectivity index (χ1n) is 6.33. The Balaban J connectivity index is 2.28. The van der Waals surface area contributed by atoms with Crippen LogP contribution in [0.5, 0.6) is 0 Å². The smallest absolute Gasteiger partial charge is 0.0213 e. The molecule has 0 aliphatic heterocycles. The zero-order chi connectivity index (χ0) is 12.8. The molecule has 0 saturated heterocycles. The van der Waals surface area contributed by atoms with Crippen LogP contribution in [0.3, 0.4) is 0 Å². The molecular weight excluding hydrogens is 238 g/mol. The van der Waals surface area contributed by atoms with E-state index in [1.807, 2.05) is 18.8 Å². The van der Waals surface area contributed by atoms with E-state index in [-0.39, 0.29) is 0 Å². The molecule has 2 aromatic rings. The lowest BCUT2D eigenvalue weighted by Crippen LogP contribution is -2.05. The predicted molar refractivity (Wildman–Crippen MR) is 79.1 cm³/mol. The first-order valence-corrected chi connectivity index (χ1v) is 7.15. The molecule has 18 heavy (non-hydrogen) atoms. The molecule has 0 bridgehead atoms. The summed E-state index contributed by atoms with van der Waals surface area (Å²) in [5.74, 6) is 0. The predicted octanol–water partition coefficient (Wildman–Crippen LogP) is 4.12. The Morgan fingerprint density at radius 3 is 2.06 bits per heavy atom. The first kappa shape index (κ1) is 13.2. The molecule has 0 aliphatic rings. The van der Waals surface area contributed by atoms with Gasteiger partial charge in [0.25, 0.3) is 0 Å². The molecule has 2 heteroatoms. The van der Waals surface area contributed by atoms with Gasteiger partial charge in [0, 0.05) is 16.3 Å². The average Bonchev–Trinajstić information content (AvgIpc) is 2.42. The van der Waals surface area contributed by atoms with Gasteiger partial charge in [0.15, 0.2) is 0 Å². The molecule has 0 spiro atoms. The summed E-state index contributed by atoms with van der Waals surface area (Å²) in [6.07, 6.45) is 1.08. The fourth-order valence-electron chi connectivity index (χ4n) is 1.95. The summed E-state index contributed by atoms with van der Waals surface area (Å²) in [5, 5.41) is 3.23. The minimum Gasteiger partial charge on any atom is -0.316 e. The van der Waals surface area contributed by atoms with E-state index in [1.54, 1.807) is 0 Å². The summed E-state index contributed by atoms with van der Waals surface area (Å²) in [6, 6.07) is 17.2. The highest BCUT2D eigenvalue weighted by atomic mass is 32.2. The minimum atomic E-state index is 0.914. The number of nitrogens with one attached hydrogen (secondary N) is 1. The van der Waals surface area contributed by atoms with Gasteiger partial charge in [-0.15, -0.1) is 0 Å². The third-order valence-corrected chi connectivity index (χ3v) is 4.15. The van der Waals surface area contributed by atoms with Gasteiger partial charge in [0.2, 0.25) is 0 Å². The van der Waals surface area contributed by atoms with Gasteiger partial charge in [-0.1, -0.05) is 55.1 Å². The van der Waals surface area contributed by atoms with E-state index in [4.69, 9.17) is 0 Å². The first-order chi connectivity index (χ1) is 8.85. The Kier molecular flexibility index (Phi) is 4.85. The maximum Gasteiger partial charge on any atom is 0.0213 e. The number of rotatable bonds is 5. The van der Waals surface area contributed by atoms with Crippen molar-refractivity contribution in [2.75, 3.05) is 7.05 Å². The van der Waals surface area contributed by atoms with E-state index in [0.717, 1.165) is 13.0 Å². The fraction of sp³-hybridized carbons (Fsp3) is 0.250. The third kappa shape index (κ3) is 3.15. The van der Waals surface area contributed by atoms with Gasteiger partial charge in [-0.3, -0.25) is 0 Å². The molecule has 0 amide bonds. The number of hydrogen-bond acceptors (Lipinski definition) is 2. The zero-order valence-electron chi connectivity index (χ0n) is 10.9. The van der Waals surface area contributed by atoms with Gasteiger partial charge in [0.1, 0.15) is 0 Å². The van der Waals surface area contributed by atoms with E-state index in [1.165, 1.54) is 20.9 Å². The number of benzene rings is 2. The molecule has 0 heterocycles. The lowest BCUT2D eigenvalue weighted by Gasteiger charge is -2.11. The molecule has 0 fully saturated rings. The van der Waals surface area contributed by atoms with Crippen molar-refractivity contribution in [2.24, 2.45) is 0 Å². The maximum absolute atomic E-state index is 3.23. The van der Waals surface area contributed by atoms with Crippen LogP contribution >= 0.6 is 11.8 Å². The van der Waals surface area contributed by atoms with Crippen molar-refractivity contribution in [3.63, 3.8) is 0 Å². The van der Waals surface area contributed by atoms with Crippen molar-refractivity contribution >= 4 is 11.8 Å². The van der Waals surface area contributed by atoms with Crippen LogP contribution in [0, 0.1) is 0 Å². The Labute approximate surface area is 114 Å². The maximum atomic E-state index is 3.23. The lowest BCUT2D eigenvalue weighted by molar-refractivity contribution is 0.803. The molecule has 0 atom stereocenters. The van der Waals surface area contributed by atoms with Crippen molar-refractivity contribution < 1.29 is 0 Å². The quantitative estimate of drug-likeness (QED) is 0.864. The van der Waals surface area contributed by atoms with Gasteiger partial charge >= 0.3 is 0 Å². The zero-order valence-corrected chi connectivity index (χ0v) is 11.8. The fourth-order valence-corrected chi connectivity index (χ4v) is 3.10. The molecule has 1 nitrogen and oxygen atoms in total. The van der Waals surface area contributed by atoms with E-state index in [0.29, 0.717) is 0 Å². The molecule has 0 unspecified atom stereocenters. The van der Waals surface area contributed by atoms with Crippen LogP contribution in [0.25, 0.3) is 0 Å². The molecule has 0 radical (unpaired) electrons. The van der Waals surface area contributed by atoms with Crippen LogP contribution in [0.2, 0.25) is 0 Å². The molecule has 0 saturated carbocycles. The second-order valence-electron chi connectivity index (χ2n) is 4.20. The number of aryl methyl sites for hydroxylation is 1. The largest absolute Gasteiger partial charge is 0.316 e. The summed E-state index contributed by atoms with van der Waals surface area (Å²) in [7, 11) is 1.99. The lowest BCUT2D eigenvalue weighted by atomic mass is 10.2. The highest BCUT2D eigenvalue weighted by molar-refractivity contribution is 7.99. The Bertz CT molecular complexity index is 508. The molecule has 94 valence electrons. The van der Waals surface area contributed by atoms with Crippen molar-refractivity contribution in [1.29, 1.82) is 0 Å². The summed E-state index contributed by atoms with van der Waals surface area (Å²) >= 11 is 1.87. The van der Waals surface area contributed by atoms with Crippen molar-refractivity contribution in [1.82, 2.24) is 5.32 Å².